The Morgan fingerprint density at radius 3 is 2.45 bits per heavy atom. The van der Waals surface area contributed by atoms with E-state index >= 15 is 0 Å². The maximum Gasteiger partial charge on any atom is 0.339 e. The van der Waals surface area contributed by atoms with Crippen molar-refractivity contribution >= 4 is 65.3 Å². The second-order valence-corrected chi connectivity index (χ2v) is 10.9. The summed E-state index contributed by atoms with van der Waals surface area (Å²) in [4.78, 5) is 24.5. The highest BCUT2D eigenvalue weighted by Gasteiger charge is 2.26. The monoisotopic (exact) mass is 513 g/mol. The molecular weight excluding hydrogens is 498 g/mol. The SMILES string of the molecule is CC(CS(=O)(=O)c1ccc(Br)cc1)C(=O)Nc1scc(-c2ccsc2)c1C(=O)O. The zero-order valence-corrected chi connectivity index (χ0v) is 19.1. The van der Waals surface area contributed by atoms with Crippen molar-refractivity contribution in [2.75, 3.05) is 11.1 Å². The minimum absolute atomic E-state index is 0.00437. The van der Waals surface area contributed by atoms with Crippen molar-refractivity contribution in [3.8, 4) is 11.1 Å². The van der Waals surface area contributed by atoms with Crippen molar-refractivity contribution in [2.45, 2.75) is 11.8 Å². The van der Waals surface area contributed by atoms with Crippen LogP contribution >= 0.6 is 38.6 Å². The Bertz CT molecular complexity index is 1140. The van der Waals surface area contributed by atoms with E-state index in [1.54, 1.807) is 23.6 Å². The van der Waals surface area contributed by atoms with Gasteiger partial charge in [0.1, 0.15) is 10.6 Å². The summed E-state index contributed by atoms with van der Waals surface area (Å²) in [5, 5.41) is 17.7. The molecule has 0 saturated carbocycles. The summed E-state index contributed by atoms with van der Waals surface area (Å²) >= 11 is 5.80. The first-order chi connectivity index (χ1) is 13.7. The molecule has 0 aliphatic heterocycles. The fraction of sp³-hybridized carbons (Fsp3) is 0.158. The van der Waals surface area contributed by atoms with Crippen LogP contribution in [0.3, 0.4) is 0 Å². The van der Waals surface area contributed by atoms with Gasteiger partial charge in [-0.3, -0.25) is 4.79 Å². The summed E-state index contributed by atoms with van der Waals surface area (Å²) in [5.41, 5.74) is 1.29. The number of carboxylic acid groups (broad SMARTS) is 1. The molecule has 1 amide bonds. The first-order valence-corrected chi connectivity index (χ1v) is 12.6. The number of rotatable bonds is 7. The second kappa shape index (κ2) is 8.78. The Kier molecular flexibility index (Phi) is 6.57. The molecule has 2 heterocycles. The van der Waals surface area contributed by atoms with Crippen LogP contribution in [0.4, 0.5) is 5.00 Å². The fourth-order valence-electron chi connectivity index (χ4n) is 2.67. The molecule has 0 aliphatic carbocycles. The fourth-order valence-corrected chi connectivity index (χ4v) is 6.11. The molecule has 1 atom stereocenters. The van der Waals surface area contributed by atoms with Gasteiger partial charge in [-0.2, -0.15) is 11.3 Å². The molecule has 152 valence electrons. The van der Waals surface area contributed by atoms with Crippen LogP contribution in [0.2, 0.25) is 0 Å². The molecular formula is C19H16BrNO5S3. The van der Waals surface area contributed by atoms with Crippen molar-refractivity contribution in [3.05, 3.63) is 56.5 Å². The van der Waals surface area contributed by atoms with Crippen LogP contribution in [-0.2, 0) is 14.6 Å². The molecule has 0 aliphatic rings. The van der Waals surface area contributed by atoms with Gasteiger partial charge in [-0.1, -0.05) is 22.9 Å². The average Bonchev–Trinajstić information content (AvgIpc) is 3.30. The topological polar surface area (TPSA) is 101 Å². The van der Waals surface area contributed by atoms with E-state index in [2.05, 4.69) is 21.2 Å². The van der Waals surface area contributed by atoms with Crippen LogP contribution in [0, 0.1) is 5.92 Å². The van der Waals surface area contributed by atoms with Gasteiger partial charge in [0.15, 0.2) is 9.84 Å². The molecule has 6 nitrogen and oxygen atoms in total. The smallest absolute Gasteiger partial charge is 0.339 e. The number of aromatic carboxylic acids is 1. The summed E-state index contributed by atoms with van der Waals surface area (Å²) in [6, 6.07) is 7.98. The average molecular weight is 514 g/mol. The van der Waals surface area contributed by atoms with E-state index in [-0.39, 0.29) is 21.2 Å². The summed E-state index contributed by atoms with van der Waals surface area (Å²) in [7, 11) is -3.66. The quantitative estimate of drug-likeness (QED) is 0.463. The van der Waals surface area contributed by atoms with E-state index in [1.807, 2.05) is 10.8 Å². The predicted molar refractivity (Wildman–Crippen MR) is 119 cm³/mol. The van der Waals surface area contributed by atoms with E-state index in [4.69, 9.17) is 0 Å². The number of hydrogen-bond donors (Lipinski definition) is 2. The number of nitrogens with one attached hydrogen (secondary N) is 1. The van der Waals surface area contributed by atoms with Gasteiger partial charge in [-0.05, 0) is 46.7 Å². The largest absolute Gasteiger partial charge is 0.478 e. The Morgan fingerprint density at radius 1 is 1.17 bits per heavy atom. The molecule has 1 unspecified atom stereocenters. The van der Waals surface area contributed by atoms with E-state index in [9.17, 15) is 23.1 Å². The first kappa shape index (κ1) is 21.7. The Balaban J connectivity index is 1.78. The molecule has 10 heteroatoms. The number of carbonyl (C=O) groups is 2. The maximum absolute atomic E-state index is 12.6. The van der Waals surface area contributed by atoms with Crippen molar-refractivity contribution in [1.29, 1.82) is 0 Å². The number of amides is 1. The number of thiophene rings is 2. The van der Waals surface area contributed by atoms with E-state index in [0.29, 0.717) is 5.56 Å². The minimum atomic E-state index is -3.66. The molecule has 0 saturated heterocycles. The van der Waals surface area contributed by atoms with Crippen LogP contribution in [0.5, 0.6) is 0 Å². The Morgan fingerprint density at radius 2 is 1.86 bits per heavy atom. The summed E-state index contributed by atoms with van der Waals surface area (Å²) in [5.74, 6) is -2.95. The molecule has 0 spiro atoms. The molecule has 3 rings (SSSR count). The number of carboxylic acids is 1. The normalized spacial score (nSPS) is 12.5. The Hall–Kier alpha value is -2.01. The first-order valence-electron chi connectivity index (χ1n) is 8.35. The van der Waals surface area contributed by atoms with Crippen LogP contribution in [-0.4, -0.2) is 31.2 Å². The summed E-state index contributed by atoms with van der Waals surface area (Å²) < 4.78 is 25.9. The van der Waals surface area contributed by atoms with Crippen molar-refractivity contribution in [3.63, 3.8) is 0 Å². The molecule has 3 aromatic rings. The number of halogens is 1. The van der Waals surface area contributed by atoms with Gasteiger partial charge >= 0.3 is 5.97 Å². The van der Waals surface area contributed by atoms with E-state index in [0.717, 1.165) is 21.4 Å². The predicted octanol–water partition coefficient (Wildman–Crippen LogP) is 4.99. The molecule has 2 aromatic heterocycles. The molecule has 1 aromatic carbocycles. The van der Waals surface area contributed by atoms with Crippen LogP contribution in [0.25, 0.3) is 11.1 Å². The van der Waals surface area contributed by atoms with Gasteiger partial charge in [0.05, 0.1) is 10.6 Å². The molecule has 0 bridgehead atoms. The minimum Gasteiger partial charge on any atom is -0.478 e. The van der Waals surface area contributed by atoms with Gasteiger partial charge < -0.3 is 10.4 Å². The van der Waals surface area contributed by atoms with Crippen LogP contribution in [0.1, 0.15) is 17.3 Å². The molecule has 2 N–H and O–H groups in total. The zero-order valence-electron chi connectivity index (χ0n) is 15.1. The highest BCUT2D eigenvalue weighted by Crippen LogP contribution is 2.36. The van der Waals surface area contributed by atoms with E-state index in [1.165, 1.54) is 30.4 Å². The van der Waals surface area contributed by atoms with Gasteiger partial charge in [-0.15, -0.1) is 11.3 Å². The van der Waals surface area contributed by atoms with Crippen molar-refractivity contribution < 1.29 is 23.1 Å². The van der Waals surface area contributed by atoms with Gasteiger partial charge in [0, 0.05) is 21.3 Å². The number of benzene rings is 1. The van der Waals surface area contributed by atoms with Crippen LogP contribution < -0.4 is 5.32 Å². The molecule has 0 fully saturated rings. The zero-order chi connectivity index (χ0) is 21.2. The third kappa shape index (κ3) is 4.95. The lowest BCUT2D eigenvalue weighted by Gasteiger charge is -2.13. The van der Waals surface area contributed by atoms with Gasteiger partial charge in [-0.25, -0.2) is 13.2 Å². The van der Waals surface area contributed by atoms with Gasteiger partial charge in [0.25, 0.3) is 0 Å². The summed E-state index contributed by atoms with van der Waals surface area (Å²) in [6.45, 7) is 1.50. The van der Waals surface area contributed by atoms with Crippen molar-refractivity contribution in [1.82, 2.24) is 0 Å². The van der Waals surface area contributed by atoms with Gasteiger partial charge in [0.2, 0.25) is 5.91 Å². The number of sulfone groups is 1. The van der Waals surface area contributed by atoms with E-state index < -0.39 is 27.6 Å². The number of carbonyl (C=O) groups excluding carboxylic acids is 1. The van der Waals surface area contributed by atoms with Crippen LogP contribution in [0.15, 0.2) is 55.8 Å². The summed E-state index contributed by atoms with van der Waals surface area (Å²) in [6.07, 6.45) is 0. The highest BCUT2D eigenvalue weighted by molar-refractivity contribution is 9.10. The molecule has 29 heavy (non-hydrogen) atoms. The third-order valence-corrected chi connectivity index (χ3v) is 8.20. The lowest BCUT2D eigenvalue weighted by Crippen LogP contribution is -2.27. The Labute approximate surface area is 184 Å². The lowest BCUT2D eigenvalue weighted by atomic mass is 10.1. The standard InChI is InChI=1S/C19H16BrNO5S3/c1-11(10-29(25,26)14-4-2-13(20)3-5-14)17(22)21-18-16(19(23)24)15(9-28-18)12-6-7-27-8-12/h2-9,11H,10H2,1H3,(H,21,22)(H,23,24). The third-order valence-electron chi connectivity index (χ3n) is 4.16. The highest BCUT2D eigenvalue weighted by atomic mass is 79.9. The maximum atomic E-state index is 12.6. The number of hydrogen-bond acceptors (Lipinski definition) is 6. The number of anilines is 1. The van der Waals surface area contributed by atoms with Crippen molar-refractivity contribution in [2.24, 2.45) is 5.92 Å². The second-order valence-electron chi connectivity index (χ2n) is 6.30. The lowest BCUT2D eigenvalue weighted by molar-refractivity contribution is -0.118. The molecule has 0 radical (unpaired) electrons.